The van der Waals surface area contributed by atoms with Gasteiger partial charge in [0.25, 0.3) is 5.91 Å². The summed E-state index contributed by atoms with van der Waals surface area (Å²) >= 11 is 0. The standard InChI is InChI=1S/C23H18N6O/c24-13-17-12-19(21(25)30)23(29-22(17)27-14-15-5-2-1-3-6-15)28-18-8-9-20-16(11-18)7-4-10-26-20/h1-12H,14H2,(H2,25,30)(H2,27,28,29). The summed E-state index contributed by atoms with van der Waals surface area (Å²) in [5, 5.41) is 16.8. The highest BCUT2D eigenvalue weighted by Crippen LogP contribution is 2.26. The van der Waals surface area contributed by atoms with Crippen LogP contribution in [0.25, 0.3) is 10.9 Å². The molecule has 7 heteroatoms. The van der Waals surface area contributed by atoms with E-state index < -0.39 is 5.91 Å². The first-order valence-corrected chi connectivity index (χ1v) is 9.28. The van der Waals surface area contributed by atoms with Gasteiger partial charge in [-0.2, -0.15) is 5.26 Å². The Labute approximate surface area is 173 Å². The van der Waals surface area contributed by atoms with Crippen molar-refractivity contribution in [2.45, 2.75) is 6.54 Å². The highest BCUT2D eigenvalue weighted by Gasteiger charge is 2.16. The smallest absolute Gasteiger partial charge is 0.252 e. The lowest BCUT2D eigenvalue weighted by Crippen LogP contribution is -2.16. The Bertz CT molecular complexity index is 1260. The molecule has 2 aromatic heterocycles. The number of pyridine rings is 2. The molecule has 0 fully saturated rings. The van der Waals surface area contributed by atoms with Gasteiger partial charge >= 0.3 is 0 Å². The molecule has 0 unspecified atom stereocenters. The van der Waals surface area contributed by atoms with Crippen LogP contribution in [0.15, 0.2) is 72.9 Å². The average Bonchev–Trinajstić information content (AvgIpc) is 2.78. The lowest BCUT2D eigenvalue weighted by atomic mass is 10.1. The number of nitriles is 1. The van der Waals surface area contributed by atoms with Crippen molar-refractivity contribution in [3.8, 4) is 6.07 Å². The Kier molecular flexibility index (Phi) is 5.22. The summed E-state index contributed by atoms with van der Waals surface area (Å²) in [5.41, 5.74) is 8.55. The van der Waals surface area contributed by atoms with Gasteiger partial charge in [0.1, 0.15) is 17.7 Å². The second kappa shape index (κ2) is 8.29. The normalized spacial score (nSPS) is 10.4. The van der Waals surface area contributed by atoms with Gasteiger partial charge in [0.15, 0.2) is 0 Å². The number of rotatable bonds is 6. The minimum atomic E-state index is -0.668. The van der Waals surface area contributed by atoms with Crippen LogP contribution < -0.4 is 16.4 Å². The van der Waals surface area contributed by atoms with Crippen LogP contribution in [0, 0.1) is 11.3 Å². The predicted octanol–water partition coefficient (Wildman–Crippen LogP) is 3.96. The van der Waals surface area contributed by atoms with Crippen molar-refractivity contribution in [3.05, 3.63) is 89.6 Å². The first-order chi connectivity index (χ1) is 14.6. The molecule has 0 spiro atoms. The third-order valence-corrected chi connectivity index (χ3v) is 4.58. The van der Waals surface area contributed by atoms with E-state index in [2.05, 4.69) is 26.7 Å². The lowest BCUT2D eigenvalue weighted by Gasteiger charge is -2.14. The molecule has 0 aliphatic heterocycles. The molecule has 0 radical (unpaired) electrons. The van der Waals surface area contributed by atoms with E-state index in [9.17, 15) is 10.1 Å². The van der Waals surface area contributed by atoms with Crippen molar-refractivity contribution in [2.24, 2.45) is 5.73 Å². The van der Waals surface area contributed by atoms with Crippen LogP contribution in [0.2, 0.25) is 0 Å². The number of nitrogens with zero attached hydrogens (tertiary/aromatic N) is 3. The van der Waals surface area contributed by atoms with E-state index >= 15 is 0 Å². The quantitative estimate of drug-likeness (QED) is 0.456. The van der Waals surface area contributed by atoms with Gasteiger partial charge in [-0.1, -0.05) is 36.4 Å². The van der Waals surface area contributed by atoms with E-state index in [0.29, 0.717) is 12.4 Å². The fourth-order valence-electron chi connectivity index (χ4n) is 3.09. The topological polar surface area (TPSA) is 117 Å². The van der Waals surface area contributed by atoms with Gasteiger partial charge in [-0.15, -0.1) is 0 Å². The van der Waals surface area contributed by atoms with Crippen LogP contribution in [0.5, 0.6) is 0 Å². The van der Waals surface area contributed by atoms with Crippen molar-refractivity contribution in [3.63, 3.8) is 0 Å². The number of nitrogens with two attached hydrogens (primary N) is 1. The van der Waals surface area contributed by atoms with Gasteiger partial charge in [-0.05, 0) is 35.9 Å². The highest BCUT2D eigenvalue weighted by molar-refractivity contribution is 5.99. The largest absolute Gasteiger partial charge is 0.365 e. The van der Waals surface area contributed by atoms with Crippen LogP contribution in [-0.2, 0) is 6.54 Å². The number of anilines is 3. The SMILES string of the molecule is N#Cc1cc(C(N)=O)c(Nc2ccc3ncccc3c2)nc1NCc1ccccc1. The molecular weight excluding hydrogens is 376 g/mol. The predicted molar refractivity (Wildman–Crippen MR) is 116 cm³/mol. The molecule has 0 bridgehead atoms. The van der Waals surface area contributed by atoms with Crippen LogP contribution >= 0.6 is 0 Å². The minimum Gasteiger partial charge on any atom is -0.365 e. The minimum absolute atomic E-state index is 0.142. The Morgan fingerprint density at radius 2 is 1.87 bits per heavy atom. The number of benzene rings is 2. The average molecular weight is 394 g/mol. The Balaban J connectivity index is 1.69. The van der Waals surface area contributed by atoms with E-state index in [1.807, 2.05) is 60.7 Å². The van der Waals surface area contributed by atoms with E-state index in [-0.39, 0.29) is 16.9 Å². The number of amides is 1. The van der Waals surface area contributed by atoms with E-state index in [0.717, 1.165) is 22.2 Å². The summed E-state index contributed by atoms with van der Waals surface area (Å²) in [6, 6.07) is 22.7. The molecule has 0 saturated heterocycles. The highest BCUT2D eigenvalue weighted by atomic mass is 16.1. The molecular formula is C23H18N6O. The molecule has 4 rings (SSSR count). The summed E-state index contributed by atoms with van der Waals surface area (Å²) in [7, 11) is 0. The first kappa shape index (κ1) is 18.9. The molecule has 1 amide bonds. The summed E-state index contributed by atoms with van der Waals surface area (Å²) in [6.07, 6.45) is 1.73. The van der Waals surface area contributed by atoms with Gasteiger partial charge in [-0.25, -0.2) is 4.98 Å². The monoisotopic (exact) mass is 394 g/mol. The molecule has 0 aliphatic rings. The Hall–Kier alpha value is -4.44. The Morgan fingerprint density at radius 3 is 2.63 bits per heavy atom. The third-order valence-electron chi connectivity index (χ3n) is 4.58. The maximum absolute atomic E-state index is 12.0. The van der Waals surface area contributed by atoms with E-state index in [4.69, 9.17) is 5.73 Å². The molecule has 0 saturated carbocycles. The summed E-state index contributed by atoms with van der Waals surface area (Å²) in [5.74, 6) is -0.0184. The summed E-state index contributed by atoms with van der Waals surface area (Å²) in [4.78, 5) is 20.8. The maximum Gasteiger partial charge on any atom is 0.252 e. The fraction of sp³-hybridized carbons (Fsp3) is 0.0435. The zero-order valence-corrected chi connectivity index (χ0v) is 16.0. The molecule has 0 aliphatic carbocycles. The summed E-state index contributed by atoms with van der Waals surface area (Å²) < 4.78 is 0. The molecule has 4 aromatic rings. The molecule has 30 heavy (non-hydrogen) atoms. The van der Waals surface area contributed by atoms with Gasteiger partial charge < -0.3 is 16.4 Å². The van der Waals surface area contributed by atoms with Crippen LogP contribution in [-0.4, -0.2) is 15.9 Å². The number of fused-ring (bicyclic) bond motifs is 1. The number of nitrogens with one attached hydrogen (secondary N) is 2. The third kappa shape index (κ3) is 4.03. The number of primary amides is 1. The van der Waals surface area contributed by atoms with Crippen LogP contribution in [0.4, 0.5) is 17.3 Å². The maximum atomic E-state index is 12.0. The molecule has 2 heterocycles. The van der Waals surface area contributed by atoms with Gasteiger partial charge in [0.2, 0.25) is 0 Å². The molecule has 0 atom stereocenters. The second-order valence-electron chi connectivity index (χ2n) is 6.63. The van der Waals surface area contributed by atoms with Crippen LogP contribution in [0.1, 0.15) is 21.5 Å². The molecule has 7 nitrogen and oxygen atoms in total. The van der Waals surface area contributed by atoms with Crippen molar-refractivity contribution in [1.29, 1.82) is 5.26 Å². The van der Waals surface area contributed by atoms with Crippen molar-refractivity contribution in [1.82, 2.24) is 9.97 Å². The van der Waals surface area contributed by atoms with Gasteiger partial charge in [0, 0.05) is 23.8 Å². The zero-order valence-electron chi connectivity index (χ0n) is 16.0. The van der Waals surface area contributed by atoms with E-state index in [1.54, 1.807) is 6.20 Å². The van der Waals surface area contributed by atoms with E-state index in [1.165, 1.54) is 6.07 Å². The molecule has 2 aromatic carbocycles. The number of carbonyl (C=O) groups excluding carboxylic acids is 1. The summed E-state index contributed by atoms with van der Waals surface area (Å²) in [6.45, 7) is 0.486. The lowest BCUT2D eigenvalue weighted by molar-refractivity contribution is 0.100. The fourth-order valence-corrected chi connectivity index (χ4v) is 3.09. The second-order valence-corrected chi connectivity index (χ2v) is 6.63. The molecule has 146 valence electrons. The van der Waals surface area contributed by atoms with Crippen molar-refractivity contribution < 1.29 is 4.79 Å². The zero-order chi connectivity index (χ0) is 20.9. The number of aromatic nitrogens is 2. The van der Waals surface area contributed by atoms with Crippen LogP contribution in [0.3, 0.4) is 0 Å². The molecule has 4 N–H and O–H groups in total. The van der Waals surface area contributed by atoms with Crippen molar-refractivity contribution in [2.75, 3.05) is 10.6 Å². The van der Waals surface area contributed by atoms with Gasteiger partial charge in [0.05, 0.1) is 16.6 Å². The number of hydrogen-bond acceptors (Lipinski definition) is 6. The Morgan fingerprint density at radius 1 is 1.03 bits per heavy atom. The number of hydrogen-bond donors (Lipinski definition) is 3. The van der Waals surface area contributed by atoms with Crippen molar-refractivity contribution >= 4 is 34.1 Å². The number of carbonyl (C=O) groups is 1. The first-order valence-electron chi connectivity index (χ1n) is 9.28. The van der Waals surface area contributed by atoms with Gasteiger partial charge in [-0.3, -0.25) is 9.78 Å².